The summed E-state index contributed by atoms with van der Waals surface area (Å²) in [6.07, 6.45) is 0. The zero-order chi connectivity index (χ0) is 17.2. The molecule has 0 unspecified atom stereocenters. The van der Waals surface area contributed by atoms with Gasteiger partial charge in [-0.2, -0.15) is 0 Å². The molecular weight excluding hydrogens is 390 g/mol. The predicted octanol–water partition coefficient (Wildman–Crippen LogP) is 4.24. The summed E-state index contributed by atoms with van der Waals surface area (Å²) in [7, 11) is 3.87. The molecule has 5 heteroatoms. The SMILES string of the molecule is Br.COc1ccc(-c2cc(N3CCN(C)CC3)c3ccccc3n2)cc1. The van der Waals surface area contributed by atoms with Crippen molar-refractivity contribution in [2.24, 2.45) is 0 Å². The molecule has 0 atom stereocenters. The van der Waals surface area contributed by atoms with Crippen LogP contribution < -0.4 is 9.64 Å². The molecule has 1 aliphatic heterocycles. The molecule has 1 saturated heterocycles. The maximum absolute atomic E-state index is 5.27. The van der Waals surface area contributed by atoms with E-state index in [0.717, 1.165) is 48.7 Å². The number of likely N-dealkylation sites (N-methyl/N-ethyl adjacent to an activating group) is 1. The van der Waals surface area contributed by atoms with Gasteiger partial charge in [0.2, 0.25) is 0 Å². The monoisotopic (exact) mass is 413 g/mol. The number of methoxy groups -OCH3 is 1. The van der Waals surface area contributed by atoms with Crippen LogP contribution in [0.2, 0.25) is 0 Å². The summed E-state index contributed by atoms with van der Waals surface area (Å²) in [6, 6.07) is 18.8. The predicted molar refractivity (Wildman–Crippen MR) is 114 cm³/mol. The summed E-state index contributed by atoms with van der Waals surface area (Å²) >= 11 is 0. The lowest BCUT2D eigenvalue weighted by molar-refractivity contribution is 0.313. The molecule has 0 N–H and O–H groups in total. The van der Waals surface area contributed by atoms with Gasteiger partial charge in [-0.15, -0.1) is 17.0 Å². The van der Waals surface area contributed by atoms with E-state index in [4.69, 9.17) is 9.72 Å². The van der Waals surface area contributed by atoms with Crippen molar-refractivity contribution in [2.45, 2.75) is 0 Å². The molecule has 1 aliphatic rings. The molecule has 1 fully saturated rings. The van der Waals surface area contributed by atoms with Crippen LogP contribution in [0.5, 0.6) is 5.75 Å². The standard InChI is InChI=1S/C21H23N3O.BrH/c1-23-11-13-24(14-12-23)21-15-20(16-7-9-17(25-2)10-8-16)22-19-6-4-3-5-18(19)21;/h3-10,15H,11-14H2,1-2H3;1H. The number of benzene rings is 2. The van der Waals surface area contributed by atoms with Crippen molar-refractivity contribution in [1.82, 2.24) is 9.88 Å². The summed E-state index contributed by atoms with van der Waals surface area (Å²) in [5, 5.41) is 1.23. The Kier molecular flexibility index (Phi) is 5.79. The lowest BCUT2D eigenvalue weighted by Crippen LogP contribution is -2.44. The minimum atomic E-state index is 0. The van der Waals surface area contributed by atoms with E-state index in [0.29, 0.717) is 0 Å². The number of pyridine rings is 1. The number of nitrogens with zero attached hydrogens (tertiary/aromatic N) is 3. The van der Waals surface area contributed by atoms with Crippen molar-refractivity contribution in [1.29, 1.82) is 0 Å². The lowest BCUT2D eigenvalue weighted by atomic mass is 10.1. The quantitative estimate of drug-likeness (QED) is 0.641. The number of fused-ring (bicyclic) bond motifs is 1. The van der Waals surface area contributed by atoms with Crippen LogP contribution in [0.1, 0.15) is 0 Å². The normalized spacial score (nSPS) is 14.9. The summed E-state index contributed by atoms with van der Waals surface area (Å²) in [6.45, 7) is 4.28. The molecule has 1 aromatic heterocycles. The molecule has 2 heterocycles. The first-order chi connectivity index (χ1) is 12.2. The van der Waals surface area contributed by atoms with Crippen molar-refractivity contribution < 1.29 is 4.74 Å². The average Bonchev–Trinajstić information content (AvgIpc) is 2.68. The molecular formula is C21H24BrN3O. The molecule has 0 amide bonds. The highest BCUT2D eigenvalue weighted by Crippen LogP contribution is 2.32. The van der Waals surface area contributed by atoms with Crippen molar-refractivity contribution >= 4 is 33.6 Å². The number of ether oxygens (including phenoxy) is 1. The van der Waals surface area contributed by atoms with E-state index < -0.39 is 0 Å². The molecule has 0 saturated carbocycles. The fraction of sp³-hybridized carbons (Fsp3) is 0.286. The van der Waals surface area contributed by atoms with Crippen LogP contribution in [0.4, 0.5) is 5.69 Å². The number of anilines is 1. The Hall–Kier alpha value is -2.11. The van der Waals surface area contributed by atoms with E-state index in [1.165, 1.54) is 11.1 Å². The minimum Gasteiger partial charge on any atom is -0.497 e. The van der Waals surface area contributed by atoms with Gasteiger partial charge in [-0.3, -0.25) is 0 Å². The van der Waals surface area contributed by atoms with Gasteiger partial charge in [0.05, 0.1) is 18.3 Å². The number of para-hydroxylation sites is 1. The fourth-order valence-corrected chi connectivity index (χ4v) is 3.38. The van der Waals surface area contributed by atoms with Gasteiger partial charge in [0.1, 0.15) is 5.75 Å². The van der Waals surface area contributed by atoms with E-state index in [1.54, 1.807) is 7.11 Å². The second-order valence-electron chi connectivity index (χ2n) is 6.56. The van der Waals surface area contributed by atoms with Gasteiger partial charge < -0.3 is 14.5 Å². The molecule has 2 aromatic carbocycles. The van der Waals surface area contributed by atoms with Gasteiger partial charge in [0.25, 0.3) is 0 Å². The molecule has 4 rings (SSSR count). The topological polar surface area (TPSA) is 28.6 Å². The Morgan fingerprint density at radius 1 is 0.923 bits per heavy atom. The van der Waals surface area contributed by atoms with Crippen molar-refractivity contribution in [3.8, 4) is 17.0 Å². The maximum atomic E-state index is 5.27. The highest BCUT2D eigenvalue weighted by molar-refractivity contribution is 8.93. The van der Waals surface area contributed by atoms with Gasteiger partial charge in [-0.25, -0.2) is 4.98 Å². The van der Waals surface area contributed by atoms with Crippen LogP contribution in [0.25, 0.3) is 22.2 Å². The number of halogens is 1. The van der Waals surface area contributed by atoms with E-state index in [-0.39, 0.29) is 17.0 Å². The molecule has 0 aliphatic carbocycles. The van der Waals surface area contributed by atoms with Gasteiger partial charge in [0.15, 0.2) is 0 Å². The van der Waals surface area contributed by atoms with Crippen LogP contribution in [-0.2, 0) is 0 Å². The summed E-state index contributed by atoms with van der Waals surface area (Å²) in [5.74, 6) is 0.865. The van der Waals surface area contributed by atoms with Gasteiger partial charge in [-0.05, 0) is 43.4 Å². The zero-order valence-corrected chi connectivity index (χ0v) is 16.9. The second kappa shape index (κ2) is 8.06. The summed E-state index contributed by atoms with van der Waals surface area (Å²) in [5.41, 5.74) is 4.45. The van der Waals surface area contributed by atoms with E-state index >= 15 is 0 Å². The first-order valence-corrected chi connectivity index (χ1v) is 8.72. The summed E-state index contributed by atoms with van der Waals surface area (Å²) < 4.78 is 5.27. The number of rotatable bonds is 3. The van der Waals surface area contributed by atoms with Crippen molar-refractivity contribution in [3.05, 3.63) is 54.6 Å². The van der Waals surface area contributed by atoms with E-state index in [2.05, 4.69) is 59.3 Å². The Morgan fingerprint density at radius 3 is 2.31 bits per heavy atom. The minimum absolute atomic E-state index is 0. The average molecular weight is 414 g/mol. The molecule has 26 heavy (non-hydrogen) atoms. The van der Waals surface area contributed by atoms with Crippen molar-refractivity contribution in [3.63, 3.8) is 0 Å². The number of hydrogen-bond acceptors (Lipinski definition) is 4. The Balaban J connectivity index is 0.00000196. The van der Waals surface area contributed by atoms with Crippen LogP contribution >= 0.6 is 17.0 Å². The third-order valence-corrected chi connectivity index (χ3v) is 4.92. The van der Waals surface area contributed by atoms with Crippen LogP contribution in [0.3, 0.4) is 0 Å². The molecule has 136 valence electrons. The highest BCUT2D eigenvalue weighted by Gasteiger charge is 2.18. The Labute approximate surface area is 165 Å². The van der Waals surface area contributed by atoms with E-state index in [9.17, 15) is 0 Å². The largest absolute Gasteiger partial charge is 0.497 e. The number of hydrogen-bond donors (Lipinski definition) is 0. The van der Waals surface area contributed by atoms with Crippen LogP contribution in [0.15, 0.2) is 54.6 Å². The zero-order valence-electron chi connectivity index (χ0n) is 15.2. The van der Waals surface area contributed by atoms with E-state index in [1.807, 2.05) is 12.1 Å². The van der Waals surface area contributed by atoms with Crippen LogP contribution in [-0.4, -0.2) is 50.2 Å². The molecule has 0 spiro atoms. The third-order valence-electron chi connectivity index (χ3n) is 4.92. The molecule has 0 radical (unpaired) electrons. The number of aromatic nitrogens is 1. The first kappa shape index (κ1) is 18.7. The summed E-state index contributed by atoms with van der Waals surface area (Å²) in [4.78, 5) is 9.76. The Bertz CT molecular complexity index is 874. The molecule has 0 bridgehead atoms. The number of piperazine rings is 1. The Morgan fingerprint density at radius 2 is 1.62 bits per heavy atom. The van der Waals surface area contributed by atoms with Crippen LogP contribution in [0, 0.1) is 0 Å². The maximum Gasteiger partial charge on any atom is 0.118 e. The third kappa shape index (κ3) is 3.69. The van der Waals surface area contributed by atoms with Crippen molar-refractivity contribution in [2.75, 3.05) is 45.2 Å². The van der Waals surface area contributed by atoms with Gasteiger partial charge >= 0.3 is 0 Å². The molecule has 3 aromatic rings. The second-order valence-corrected chi connectivity index (χ2v) is 6.56. The fourth-order valence-electron chi connectivity index (χ4n) is 3.38. The van der Waals surface area contributed by atoms with Gasteiger partial charge in [-0.1, -0.05) is 18.2 Å². The smallest absolute Gasteiger partial charge is 0.118 e. The highest BCUT2D eigenvalue weighted by atomic mass is 79.9. The first-order valence-electron chi connectivity index (χ1n) is 8.72. The van der Waals surface area contributed by atoms with Gasteiger partial charge in [0, 0.05) is 42.8 Å². The lowest BCUT2D eigenvalue weighted by Gasteiger charge is -2.34. The molecule has 4 nitrogen and oxygen atoms in total.